The lowest BCUT2D eigenvalue weighted by Crippen LogP contribution is -2.35. The molecule has 0 bridgehead atoms. The molecule has 0 saturated heterocycles. The highest BCUT2D eigenvalue weighted by Crippen LogP contribution is 2.26. The molecule has 1 aliphatic rings. The van der Waals surface area contributed by atoms with Crippen molar-refractivity contribution < 1.29 is 9.18 Å². The third-order valence-corrected chi connectivity index (χ3v) is 5.62. The summed E-state index contributed by atoms with van der Waals surface area (Å²) in [6.07, 6.45) is 0.752. The Hall–Kier alpha value is -2.83. The van der Waals surface area contributed by atoms with E-state index in [1.165, 1.54) is 17.1 Å². The predicted molar refractivity (Wildman–Crippen MR) is 110 cm³/mol. The Bertz CT molecular complexity index is 955. The summed E-state index contributed by atoms with van der Waals surface area (Å²) in [4.78, 5) is 13.8. The van der Waals surface area contributed by atoms with Crippen LogP contribution in [0.4, 0.5) is 4.39 Å². The number of nitrogens with zero attached hydrogens (tertiary/aromatic N) is 2. The van der Waals surface area contributed by atoms with Gasteiger partial charge in [0, 0.05) is 11.3 Å². The third-order valence-electron chi connectivity index (χ3n) is 4.69. The maximum Gasteiger partial charge on any atom is 0.256 e. The summed E-state index contributed by atoms with van der Waals surface area (Å²) < 4.78 is 13.3. The van der Waals surface area contributed by atoms with E-state index in [0.717, 1.165) is 28.1 Å². The smallest absolute Gasteiger partial charge is 0.256 e. The van der Waals surface area contributed by atoms with E-state index in [4.69, 9.17) is 0 Å². The van der Waals surface area contributed by atoms with Crippen LogP contribution < -0.4 is 5.32 Å². The number of carbonyl (C=O) groups is 1. The van der Waals surface area contributed by atoms with Crippen molar-refractivity contribution in [2.45, 2.75) is 12.5 Å². The number of amides is 1. The molecule has 1 atom stereocenters. The van der Waals surface area contributed by atoms with Crippen LogP contribution in [0.5, 0.6) is 0 Å². The number of thiophene rings is 1. The van der Waals surface area contributed by atoms with Crippen molar-refractivity contribution in [1.82, 2.24) is 10.3 Å². The fraction of sp³-hybridized carbons (Fsp3) is 0.182. The molecule has 2 aromatic carbocycles. The van der Waals surface area contributed by atoms with Crippen LogP contribution in [-0.2, 0) is 4.79 Å². The van der Waals surface area contributed by atoms with E-state index in [1.54, 1.807) is 23.5 Å². The van der Waals surface area contributed by atoms with E-state index in [0.29, 0.717) is 6.54 Å². The van der Waals surface area contributed by atoms with Gasteiger partial charge in [-0.25, -0.2) is 9.40 Å². The van der Waals surface area contributed by atoms with Gasteiger partial charge in [0.25, 0.3) is 5.91 Å². The molecule has 4 nitrogen and oxygen atoms in total. The van der Waals surface area contributed by atoms with Crippen LogP contribution in [0.2, 0.25) is 0 Å². The molecule has 0 fully saturated rings. The first-order valence-electron chi connectivity index (χ1n) is 9.16. The van der Waals surface area contributed by atoms with Gasteiger partial charge >= 0.3 is 0 Å². The minimum absolute atomic E-state index is 0.0744. The first-order chi connectivity index (χ1) is 13.7. The summed E-state index contributed by atoms with van der Waals surface area (Å²) in [7, 11) is 0. The van der Waals surface area contributed by atoms with Crippen molar-refractivity contribution in [1.29, 1.82) is 0 Å². The van der Waals surface area contributed by atoms with Crippen LogP contribution in [0, 0.1) is 5.82 Å². The van der Waals surface area contributed by atoms with Gasteiger partial charge in [-0.15, -0.1) is 11.3 Å². The van der Waals surface area contributed by atoms with Crippen molar-refractivity contribution >= 4 is 23.0 Å². The molecule has 1 aliphatic heterocycles. The standard InChI is InChI=1S/C22H20FN3OS/c23-18-10-8-17(9-11-18)22(20-7-4-14-28-20)24-15-21(27)26-13-12-19(25-26)16-5-2-1-3-6-16/h1-11,14,22,24H,12-13,15H2/t22-/m1/s1. The molecule has 2 heterocycles. The molecular formula is C22H20FN3OS. The number of hydrogen-bond acceptors (Lipinski definition) is 4. The summed E-state index contributed by atoms with van der Waals surface area (Å²) in [5, 5.41) is 11.3. The van der Waals surface area contributed by atoms with E-state index < -0.39 is 0 Å². The minimum Gasteiger partial charge on any atom is -0.297 e. The molecule has 0 aliphatic carbocycles. The molecule has 1 amide bonds. The van der Waals surface area contributed by atoms with Gasteiger partial charge in [0.1, 0.15) is 5.82 Å². The SMILES string of the molecule is O=C(CN[C@H](c1ccc(F)cc1)c1cccs1)N1CCC(c2ccccc2)=N1. The molecule has 1 N–H and O–H groups in total. The molecule has 0 spiro atoms. The second-order valence-electron chi connectivity index (χ2n) is 6.56. The Balaban J connectivity index is 1.45. The Morgan fingerprint density at radius 1 is 1.11 bits per heavy atom. The minimum atomic E-state index is -0.274. The van der Waals surface area contributed by atoms with Crippen LogP contribution in [0.1, 0.15) is 28.5 Å². The molecule has 0 saturated carbocycles. The molecule has 142 valence electrons. The highest BCUT2D eigenvalue weighted by molar-refractivity contribution is 7.10. The van der Waals surface area contributed by atoms with E-state index in [1.807, 2.05) is 47.8 Å². The van der Waals surface area contributed by atoms with Gasteiger partial charge in [0.15, 0.2) is 0 Å². The Kier molecular flexibility index (Phi) is 5.60. The fourth-order valence-corrected chi connectivity index (χ4v) is 4.07. The van der Waals surface area contributed by atoms with E-state index in [-0.39, 0.29) is 24.3 Å². The molecular weight excluding hydrogens is 373 g/mol. The van der Waals surface area contributed by atoms with Crippen LogP contribution in [0.25, 0.3) is 0 Å². The summed E-state index contributed by atoms with van der Waals surface area (Å²) >= 11 is 1.60. The van der Waals surface area contributed by atoms with Crippen molar-refractivity contribution in [3.63, 3.8) is 0 Å². The van der Waals surface area contributed by atoms with Crippen molar-refractivity contribution in [3.05, 3.63) is 93.9 Å². The number of carbonyl (C=O) groups excluding carboxylic acids is 1. The number of rotatable bonds is 6. The summed E-state index contributed by atoms with van der Waals surface area (Å²) in [5.41, 5.74) is 2.90. The van der Waals surface area contributed by atoms with Crippen molar-refractivity contribution in [2.75, 3.05) is 13.1 Å². The lowest BCUT2D eigenvalue weighted by atomic mass is 10.1. The highest BCUT2D eigenvalue weighted by atomic mass is 32.1. The zero-order chi connectivity index (χ0) is 19.3. The van der Waals surface area contributed by atoms with Gasteiger partial charge in [-0.1, -0.05) is 48.5 Å². The molecule has 1 aromatic heterocycles. The molecule has 6 heteroatoms. The molecule has 4 rings (SSSR count). The van der Waals surface area contributed by atoms with Crippen LogP contribution >= 0.6 is 11.3 Å². The van der Waals surface area contributed by atoms with E-state index in [2.05, 4.69) is 10.4 Å². The Morgan fingerprint density at radius 3 is 2.61 bits per heavy atom. The number of halogens is 1. The second kappa shape index (κ2) is 8.46. The number of hydrogen-bond donors (Lipinski definition) is 1. The quantitative estimate of drug-likeness (QED) is 0.682. The molecule has 3 aromatic rings. The zero-order valence-corrected chi connectivity index (χ0v) is 16.0. The summed E-state index contributed by atoms with van der Waals surface area (Å²) in [5.74, 6) is -0.348. The van der Waals surface area contributed by atoms with Crippen molar-refractivity contribution in [3.8, 4) is 0 Å². The normalized spacial score (nSPS) is 14.8. The monoisotopic (exact) mass is 393 g/mol. The molecule has 0 radical (unpaired) electrons. The third kappa shape index (κ3) is 4.18. The van der Waals surface area contributed by atoms with Crippen molar-refractivity contribution in [2.24, 2.45) is 5.10 Å². The van der Waals surface area contributed by atoms with Crippen LogP contribution in [0.3, 0.4) is 0 Å². The summed E-state index contributed by atoms with van der Waals surface area (Å²) in [6, 6.07) is 20.1. The first kappa shape index (κ1) is 18.5. The Labute approximate surface area is 167 Å². The van der Waals surface area contributed by atoms with E-state index in [9.17, 15) is 9.18 Å². The highest BCUT2D eigenvalue weighted by Gasteiger charge is 2.23. The lowest BCUT2D eigenvalue weighted by molar-refractivity contribution is -0.129. The number of hydrazone groups is 1. The van der Waals surface area contributed by atoms with Gasteiger partial charge in [-0.05, 0) is 34.7 Å². The van der Waals surface area contributed by atoms with E-state index >= 15 is 0 Å². The van der Waals surface area contributed by atoms with Gasteiger partial charge in [0.05, 0.1) is 24.8 Å². The van der Waals surface area contributed by atoms with Crippen LogP contribution in [0.15, 0.2) is 77.2 Å². The van der Waals surface area contributed by atoms with Gasteiger partial charge in [-0.2, -0.15) is 5.10 Å². The first-order valence-corrected chi connectivity index (χ1v) is 10.0. The summed E-state index contributed by atoms with van der Waals surface area (Å²) in [6.45, 7) is 0.746. The van der Waals surface area contributed by atoms with Gasteiger partial charge in [-0.3, -0.25) is 10.1 Å². The largest absolute Gasteiger partial charge is 0.297 e. The maximum atomic E-state index is 13.3. The average molecular weight is 393 g/mol. The average Bonchev–Trinajstić information content (AvgIpc) is 3.42. The van der Waals surface area contributed by atoms with Gasteiger partial charge < -0.3 is 0 Å². The number of benzene rings is 2. The second-order valence-corrected chi connectivity index (χ2v) is 7.54. The van der Waals surface area contributed by atoms with Gasteiger partial charge in [0.2, 0.25) is 0 Å². The Morgan fingerprint density at radius 2 is 1.89 bits per heavy atom. The molecule has 28 heavy (non-hydrogen) atoms. The lowest BCUT2D eigenvalue weighted by Gasteiger charge is -2.19. The zero-order valence-electron chi connectivity index (χ0n) is 15.2. The molecule has 0 unspecified atom stereocenters. The predicted octanol–water partition coefficient (Wildman–Crippen LogP) is 4.20. The topological polar surface area (TPSA) is 44.7 Å². The maximum absolute atomic E-state index is 13.3. The van der Waals surface area contributed by atoms with Crippen LogP contribution in [-0.4, -0.2) is 29.7 Å². The fourth-order valence-electron chi connectivity index (χ4n) is 3.24. The number of nitrogens with one attached hydrogen (secondary N) is 1.